The Bertz CT molecular complexity index is 324. The Kier molecular flexibility index (Phi) is 10.5. The smallest absolute Gasteiger partial charge is 0.328 e. The molecule has 1 rings (SSSR count). The molecule has 3 N–H and O–H groups in total. The molecule has 0 amide bonds. The summed E-state index contributed by atoms with van der Waals surface area (Å²) >= 11 is 2.03. The maximum Gasteiger partial charge on any atom is 0.328 e. The fourth-order valence-corrected chi connectivity index (χ4v) is 2.27. The summed E-state index contributed by atoms with van der Waals surface area (Å²) < 4.78 is 4.88. The van der Waals surface area contributed by atoms with Crippen molar-refractivity contribution < 1.29 is 14.3 Å². The number of carbonyl (C=O) groups excluding carboxylic acids is 2. The fraction of sp³-hybridized carbons (Fsp3) is 0.786. The van der Waals surface area contributed by atoms with Crippen LogP contribution < -0.4 is 11.1 Å². The summed E-state index contributed by atoms with van der Waals surface area (Å²) in [6, 6.07) is -0.991. The number of rotatable bonds is 4. The van der Waals surface area contributed by atoms with Crippen LogP contribution in [0.1, 0.15) is 27.7 Å². The van der Waals surface area contributed by atoms with Crippen LogP contribution in [0.2, 0.25) is 0 Å². The molecule has 0 aromatic heterocycles. The number of nitrogens with one attached hydrogen (secondary N) is 1. The zero-order valence-electron chi connectivity index (χ0n) is 12.8. The zero-order valence-corrected chi connectivity index (χ0v) is 13.6. The van der Waals surface area contributed by atoms with Crippen LogP contribution >= 0.6 is 11.8 Å². The minimum Gasteiger partial charge on any atom is -0.462 e. The van der Waals surface area contributed by atoms with Crippen molar-refractivity contribution in [3.63, 3.8) is 0 Å². The van der Waals surface area contributed by atoms with Crippen molar-refractivity contribution in [1.82, 2.24) is 5.32 Å². The van der Waals surface area contributed by atoms with Crippen LogP contribution in [0.3, 0.4) is 0 Å². The summed E-state index contributed by atoms with van der Waals surface area (Å²) in [5.41, 5.74) is 5.79. The number of hydrogen-bond donors (Lipinski definition) is 2. The van der Waals surface area contributed by atoms with Crippen LogP contribution in [0, 0.1) is 5.92 Å². The van der Waals surface area contributed by atoms with E-state index in [0.717, 1.165) is 0 Å². The van der Waals surface area contributed by atoms with Gasteiger partial charge in [-0.2, -0.15) is 11.8 Å². The second kappa shape index (κ2) is 10.9. The molecule has 1 fully saturated rings. The monoisotopic (exact) mass is 302 g/mol. The highest BCUT2D eigenvalue weighted by Crippen LogP contribution is 2.10. The molecule has 1 aliphatic rings. The summed E-state index contributed by atoms with van der Waals surface area (Å²) in [5, 5.41) is 3.26. The number of ether oxygens (including phenoxy) is 1. The van der Waals surface area contributed by atoms with E-state index in [1.54, 1.807) is 33.6 Å². The van der Waals surface area contributed by atoms with Gasteiger partial charge in [0, 0.05) is 30.2 Å². The van der Waals surface area contributed by atoms with Crippen LogP contribution in [0.15, 0.2) is 5.57 Å². The SMILES string of the molecule is C1CSCCN1.CC(C)OC(=O)C(N)C(=C=O)C(C)C. The minimum atomic E-state index is -0.991. The van der Waals surface area contributed by atoms with E-state index in [9.17, 15) is 9.59 Å². The lowest BCUT2D eigenvalue weighted by molar-refractivity contribution is -0.148. The minimum absolute atomic E-state index is 0.0952. The van der Waals surface area contributed by atoms with Gasteiger partial charge >= 0.3 is 5.97 Å². The highest BCUT2D eigenvalue weighted by atomic mass is 32.2. The predicted molar refractivity (Wildman–Crippen MR) is 83.4 cm³/mol. The molecule has 0 radical (unpaired) electrons. The van der Waals surface area contributed by atoms with Gasteiger partial charge in [-0.3, -0.25) is 0 Å². The number of nitrogens with two attached hydrogens (primary N) is 1. The van der Waals surface area contributed by atoms with E-state index >= 15 is 0 Å². The molecule has 0 aromatic rings. The van der Waals surface area contributed by atoms with Crippen LogP contribution in [-0.2, 0) is 14.3 Å². The van der Waals surface area contributed by atoms with Gasteiger partial charge in [-0.15, -0.1) is 0 Å². The number of hydrogen-bond acceptors (Lipinski definition) is 6. The van der Waals surface area contributed by atoms with Crippen LogP contribution in [0.5, 0.6) is 0 Å². The summed E-state index contributed by atoms with van der Waals surface area (Å²) in [6.45, 7) is 9.44. The molecule has 20 heavy (non-hydrogen) atoms. The molecule has 1 heterocycles. The molecule has 1 atom stereocenters. The van der Waals surface area contributed by atoms with Gasteiger partial charge in [-0.25, -0.2) is 9.59 Å². The lowest BCUT2D eigenvalue weighted by atomic mass is 9.98. The van der Waals surface area contributed by atoms with Crippen molar-refractivity contribution >= 4 is 23.7 Å². The molecule has 116 valence electrons. The normalized spacial score (nSPS) is 15.9. The maximum absolute atomic E-state index is 11.3. The summed E-state index contributed by atoms with van der Waals surface area (Å²) in [5.74, 6) is 3.64. The molecule has 1 saturated heterocycles. The third-order valence-corrected chi connectivity index (χ3v) is 3.51. The molecule has 0 aromatic carbocycles. The van der Waals surface area contributed by atoms with E-state index in [1.807, 2.05) is 11.8 Å². The first-order chi connectivity index (χ1) is 9.40. The molecule has 0 aliphatic carbocycles. The topological polar surface area (TPSA) is 81.4 Å². The average molecular weight is 302 g/mol. The molecular weight excluding hydrogens is 276 g/mol. The van der Waals surface area contributed by atoms with E-state index in [2.05, 4.69) is 5.32 Å². The van der Waals surface area contributed by atoms with Crippen LogP contribution in [0.25, 0.3) is 0 Å². The Labute approximate surface area is 125 Å². The Morgan fingerprint density at radius 1 is 1.25 bits per heavy atom. The van der Waals surface area contributed by atoms with Gasteiger partial charge < -0.3 is 15.8 Å². The van der Waals surface area contributed by atoms with Crippen molar-refractivity contribution in [2.45, 2.75) is 39.8 Å². The molecular formula is C14H26N2O3S. The molecule has 1 unspecified atom stereocenters. The average Bonchev–Trinajstić information content (AvgIpc) is 2.41. The van der Waals surface area contributed by atoms with Crippen LogP contribution in [0.4, 0.5) is 0 Å². The quantitative estimate of drug-likeness (QED) is 0.596. The largest absolute Gasteiger partial charge is 0.462 e. The first-order valence-electron chi connectivity index (χ1n) is 6.89. The summed E-state index contributed by atoms with van der Waals surface area (Å²) in [7, 11) is 0. The Balaban J connectivity index is 0.000000493. The third-order valence-electron chi connectivity index (χ3n) is 2.53. The number of carbonyl (C=O) groups is 1. The molecule has 5 nitrogen and oxygen atoms in total. The van der Waals surface area contributed by atoms with Gasteiger partial charge in [-0.1, -0.05) is 13.8 Å². The Hall–Kier alpha value is -0.810. The van der Waals surface area contributed by atoms with Gasteiger partial charge in [0.05, 0.1) is 6.10 Å². The van der Waals surface area contributed by atoms with E-state index in [1.165, 1.54) is 24.6 Å². The molecule has 0 saturated carbocycles. The van der Waals surface area contributed by atoms with Gasteiger partial charge in [0.25, 0.3) is 0 Å². The number of esters is 1. The summed E-state index contributed by atoms with van der Waals surface area (Å²) in [6.07, 6.45) is -0.228. The van der Waals surface area contributed by atoms with E-state index in [0.29, 0.717) is 0 Å². The van der Waals surface area contributed by atoms with Crippen molar-refractivity contribution in [2.24, 2.45) is 11.7 Å². The van der Waals surface area contributed by atoms with E-state index in [-0.39, 0.29) is 17.6 Å². The third kappa shape index (κ3) is 8.38. The van der Waals surface area contributed by atoms with Crippen molar-refractivity contribution in [1.29, 1.82) is 0 Å². The lowest BCUT2D eigenvalue weighted by Gasteiger charge is -2.16. The molecule has 6 heteroatoms. The first kappa shape index (κ1) is 19.2. The van der Waals surface area contributed by atoms with Crippen molar-refractivity contribution in [3.05, 3.63) is 5.57 Å². The zero-order chi connectivity index (χ0) is 15.5. The van der Waals surface area contributed by atoms with Crippen molar-refractivity contribution in [2.75, 3.05) is 24.6 Å². The number of thioether (sulfide) groups is 1. The predicted octanol–water partition coefficient (Wildman–Crippen LogP) is 1.00. The standard InChI is InChI=1S/C10H17NO3.C4H9NS/c1-6(2)8(5-12)9(11)10(13)14-7(3)4;1-3-6-4-2-5-1/h6-7,9H,11H2,1-4H3;5H,1-4H2. The highest BCUT2D eigenvalue weighted by Gasteiger charge is 2.23. The first-order valence-corrected chi connectivity index (χ1v) is 8.05. The van der Waals surface area contributed by atoms with Crippen molar-refractivity contribution in [3.8, 4) is 0 Å². The van der Waals surface area contributed by atoms with E-state index < -0.39 is 12.0 Å². The van der Waals surface area contributed by atoms with Gasteiger partial charge in [0.2, 0.25) is 0 Å². The fourth-order valence-electron chi connectivity index (χ4n) is 1.49. The summed E-state index contributed by atoms with van der Waals surface area (Å²) in [4.78, 5) is 21.8. The highest BCUT2D eigenvalue weighted by molar-refractivity contribution is 7.99. The molecule has 0 spiro atoms. The second-order valence-electron chi connectivity index (χ2n) is 5.04. The van der Waals surface area contributed by atoms with Gasteiger partial charge in [0.15, 0.2) is 0 Å². The lowest BCUT2D eigenvalue weighted by Crippen LogP contribution is -2.37. The molecule has 0 bridgehead atoms. The maximum atomic E-state index is 11.3. The van der Waals surface area contributed by atoms with Gasteiger partial charge in [-0.05, 0) is 19.8 Å². The van der Waals surface area contributed by atoms with Gasteiger partial charge in [0.1, 0.15) is 12.0 Å². The van der Waals surface area contributed by atoms with Crippen LogP contribution in [-0.4, -0.2) is 48.7 Å². The molecule has 1 aliphatic heterocycles. The Morgan fingerprint density at radius 2 is 1.80 bits per heavy atom. The second-order valence-corrected chi connectivity index (χ2v) is 6.26. The Morgan fingerprint density at radius 3 is 2.05 bits per heavy atom. The van der Waals surface area contributed by atoms with E-state index in [4.69, 9.17) is 10.5 Å².